The van der Waals surface area contributed by atoms with Gasteiger partial charge in [-0.25, -0.2) is 4.99 Å². The van der Waals surface area contributed by atoms with Crippen LogP contribution in [0.2, 0.25) is 0 Å². The number of rotatable bonds is 9. The molecule has 1 atom stereocenters. The summed E-state index contributed by atoms with van der Waals surface area (Å²) in [5.41, 5.74) is -0.145. The van der Waals surface area contributed by atoms with Crippen molar-refractivity contribution in [2.75, 3.05) is 13.1 Å². The summed E-state index contributed by atoms with van der Waals surface area (Å²) >= 11 is 0. The maximum Gasteiger partial charge on any atom is 0.191 e. The van der Waals surface area contributed by atoms with Crippen molar-refractivity contribution in [3.8, 4) is 0 Å². The average Bonchev–Trinajstić information content (AvgIpc) is 3.31. The van der Waals surface area contributed by atoms with E-state index in [2.05, 4.69) is 34.6 Å². The van der Waals surface area contributed by atoms with Crippen LogP contribution in [0.4, 0.5) is 0 Å². The second-order valence-electron chi connectivity index (χ2n) is 6.53. The van der Waals surface area contributed by atoms with Crippen LogP contribution in [-0.4, -0.2) is 29.3 Å². The number of aromatic nitrogens is 1. The lowest BCUT2D eigenvalue weighted by Gasteiger charge is -2.22. The summed E-state index contributed by atoms with van der Waals surface area (Å²) in [6.45, 7) is 9.34. The van der Waals surface area contributed by atoms with Crippen LogP contribution in [0.25, 0.3) is 0 Å². The van der Waals surface area contributed by atoms with Crippen molar-refractivity contribution in [2.45, 2.75) is 58.6 Å². The number of aliphatic hydroxyl groups is 1. The third-order valence-corrected chi connectivity index (χ3v) is 4.37. The third kappa shape index (κ3) is 6.84. The van der Waals surface area contributed by atoms with Crippen LogP contribution in [0.5, 0.6) is 0 Å². The largest absolute Gasteiger partial charge is 0.466 e. The summed E-state index contributed by atoms with van der Waals surface area (Å²) in [6, 6.07) is 5.48. The Morgan fingerprint density at radius 2 is 2.04 bits per heavy atom. The molecule has 0 bridgehead atoms. The quantitative estimate of drug-likeness (QED) is 0.282. The highest BCUT2D eigenvalue weighted by atomic mass is 127. The molecular weight excluding hydrogens is 459 g/mol. The molecule has 0 aromatic carbocycles. The Labute approximate surface area is 178 Å². The zero-order valence-corrected chi connectivity index (χ0v) is 18.8. The molecule has 7 nitrogen and oxygen atoms in total. The van der Waals surface area contributed by atoms with Crippen LogP contribution >= 0.6 is 24.0 Å². The minimum absolute atomic E-state index is 0. The van der Waals surface area contributed by atoms with E-state index in [0.717, 1.165) is 24.3 Å². The van der Waals surface area contributed by atoms with E-state index in [0.29, 0.717) is 30.7 Å². The molecule has 0 spiro atoms. The molecule has 0 aliphatic carbocycles. The first-order valence-electron chi connectivity index (χ1n) is 9.24. The van der Waals surface area contributed by atoms with E-state index in [9.17, 15) is 5.11 Å². The minimum atomic E-state index is -1.13. The first kappa shape index (κ1) is 23.5. The van der Waals surface area contributed by atoms with Gasteiger partial charge in [0.25, 0.3) is 0 Å². The normalized spacial score (nSPS) is 13.9. The Balaban J connectivity index is 0.00000364. The smallest absolute Gasteiger partial charge is 0.191 e. The molecule has 152 valence electrons. The Kier molecular flexibility index (Phi) is 9.86. The molecule has 0 saturated carbocycles. The lowest BCUT2D eigenvalue weighted by Crippen LogP contribution is -2.44. The van der Waals surface area contributed by atoms with Gasteiger partial charge in [0.1, 0.15) is 17.9 Å². The number of nitrogens with one attached hydrogen (secondary N) is 2. The summed E-state index contributed by atoms with van der Waals surface area (Å²) in [5, 5.41) is 21.0. The van der Waals surface area contributed by atoms with E-state index in [1.807, 2.05) is 13.0 Å². The van der Waals surface area contributed by atoms with Gasteiger partial charge in [0, 0.05) is 18.5 Å². The van der Waals surface area contributed by atoms with Gasteiger partial charge in [-0.2, -0.15) is 0 Å². The van der Waals surface area contributed by atoms with Crippen molar-refractivity contribution < 1.29 is 14.0 Å². The zero-order chi connectivity index (χ0) is 19.0. The van der Waals surface area contributed by atoms with Gasteiger partial charge in [-0.15, -0.1) is 24.0 Å². The maximum atomic E-state index is 10.5. The van der Waals surface area contributed by atoms with Crippen molar-refractivity contribution in [3.05, 3.63) is 41.7 Å². The summed E-state index contributed by atoms with van der Waals surface area (Å²) < 4.78 is 10.7. The molecular formula is C19H31IN4O3. The predicted octanol–water partition coefficient (Wildman–Crippen LogP) is 3.75. The molecule has 27 heavy (non-hydrogen) atoms. The Bertz CT molecular complexity index is 679. The van der Waals surface area contributed by atoms with Crippen LogP contribution in [0.3, 0.4) is 0 Å². The monoisotopic (exact) mass is 490 g/mol. The molecule has 0 fully saturated rings. The van der Waals surface area contributed by atoms with E-state index >= 15 is 0 Å². The lowest BCUT2D eigenvalue weighted by molar-refractivity contribution is 0.0386. The number of halogens is 1. The van der Waals surface area contributed by atoms with Gasteiger partial charge in [0.15, 0.2) is 11.7 Å². The fourth-order valence-electron chi connectivity index (χ4n) is 2.73. The van der Waals surface area contributed by atoms with Crippen LogP contribution in [0.1, 0.15) is 63.7 Å². The Morgan fingerprint density at radius 3 is 2.63 bits per heavy atom. The van der Waals surface area contributed by atoms with Crippen LogP contribution < -0.4 is 10.6 Å². The van der Waals surface area contributed by atoms with E-state index in [1.165, 1.54) is 0 Å². The molecule has 2 aromatic heterocycles. The number of guanidine groups is 1. The van der Waals surface area contributed by atoms with Gasteiger partial charge >= 0.3 is 0 Å². The minimum Gasteiger partial charge on any atom is -0.466 e. The fraction of sp³-hybridized carbons (Fsp3) is 0.579. The molecule has 2 rings (SSSR count). The van der Waals surface area contributed by atoms with E-state index in [-0.39, 0.29) is 30.5 Å². The van der Waals surface area contributed by atoms with Crippen LogP contribution in [0.15, 0.2) is 38.4 Å². The predicted molar refractivity (Wildman–Crippen MR) is 116 cm³/mol. The molecule has 0 aliphatic heterocycles. The molecule has 1 unspecified atom stereocenters. The average molecular weight is 490 g/mol. The fourth-order valence-corrected chi connectivity index (χ4v) is 2.73. The van der Waals surface area contributed by atoms with Crippen molar-refractivity contribution in [1.82, 2.24) is 15.8 Å². The molecule has 0 radical (unpaired) electrons. The van der Waals surface area contributed by atoms with Crippen molar-refractivity contribution in [3.63, 3.8) is 0 Å². The summed E-state index contributed by atoms with van der Waals surface area (Å²) in [6.07, 6.45) is 3.63. The molecule has 0 saturated heterocycles. The Morgan fingerprint density at radius 1 is 1.30 bits per heavy atom. The van der Waals surface area contributed by atoms with Gasteiger partial charge in [0.05, 0.1) is 18.5 Å². The molecule has 2 aromatic rings. The van der Waals surface area contributed by atoms with E-state index in [1.54, 1.807) is 25.3 Å². The van der Waals surface area contributed by atoms with E-state index in [4.69, 9.17) is 8.94 Å². The van der Waals surface area contributed by atoms with E-state index < -0.39 is 5.60 Å². The SMILES string of the molecule is CCNC(=NCc1cc(C(CC)CC)no1)NCC(C)(O)c1ccco1.I. The molecule has 3 N–H and O–H groups in total. The van der Waals surface area contributed by atoms with Gasteiger partial charge in [-0.3, -0.25) is 0 Å². The highest BCUT2D eigenvalue weighted by Crippen LogP contribution is 2.22. The topological polar surface area (TPSA) is 95.8 Å². The number of nitrogens with zero attached hydrogens (tertiary/aromatic N) is 2. The molecule has 0 amide bonds. The molecule has 2 heterocycles. The summed E-state index contributed by atoms with van der Waals surface area (Å²) in [7, 11) is 0. The second-order valence-corrected chi connectivity index (χ2v) is 6.53. The van der Waals surface area contributed by atoms with Gasteiger partial charge < -0.3 is 24.7 Å². The highest BCUT2D eigenvalue weighted by Gasteiger charge is 2.26. The number of aliphatic imine (C=N–C) groups is 1. The molecule has 8 heteroatoms. The first-order valence-corrected chi connectivity index (χ1v) is 9.24. The Hall–Kier alpha value is -1.55. The standard InChI is InChI=1S/C19H30N4O3.HI/c1-5-14(6-2)16-11-15(26-23-16)12-21-18(20-7-3)22-13-19(4,24)17-9-8-10-25-17;/h8-11,14,24H,5-7,12-13H2,1-4H3,(H2,20,21,22);1H. The summed E-state index contributed by atoms with van der Waals surface area (Å²) in [4.78, 5) is 4.51. The zero-order valence-electron chi connectivity index (χ0n) is 16.5. The van der Waals surface area contributed by atoms with Gasteiger partial charge in [-0.1, -0.05) is 19.0 Å². The number of hydrogen-bond acceptors (Lipinski definition) is 5. The summed E-state index contributed by atoms with van der Waals surface area (Å²) in [5.74, 6) is 2.25. The van der Waals surface area contributed by atoms with Gasteiger partial charge in [0.2, 0.25) is 0 Å². The van der Waals surface area contributed by atoms with Gasteiger partial charge in [-0.05, 0) is 38.8 Å². The lowest BCUT2D eigenvalue weighted by atomic mass is 9.99. The number of hydrogen-bond donors (Lipinski definition) is 3. The van der Waals surface area contributed by atoms with Crippen LogP contribution in [0, 0.1) is 0 Å². The van der Waals surface area contributed by atoms with Crippen molar-refractivity contribution in [1.29, 1.82) is 0 Å². The first-order chi connectivity index (χ1) is 12.5. The maximum absolute atomic E-state index is 10.5. The number of furan rings is 1. The second kappa shape index (κ2) is 11.3. The third-order valence-electron chi connectivity index (χ3n) is 4.37. The molecule has 0 aliphatic rings. The van der Waals surface area contributed by atoms with Crippen molar-refractivity contribution in [2.24, 2.45) is 4.99 Å². The van der Waals surface area contributed by atoms with Crippen molar-refractivity contribution >= 4 is 29.9 Å². The highest BCUT2D eigenvalue weighted by molar-refractivity contribution is 14.0. The van der Waals surface area contributed by atoms with Crippen LogP contribution in [-0.2, 0) is 12.1 Å².